The molecule has 0 aromatic heterocycles. The number of hydrazone groups is 1. The molecule has 0 aliphatic carbocycles. The molecule has 1 heterocycles. The molecule has 0 spiro atoms. The Bertz CT molecular complexity index is 946. The van der Waals surface area contributed by atoms with Crippen LogP contribution in [0.1, 0.15) is 29.7 Å². The summed E-state index contributed by atoms with van der Waals surface area (Å²) >= 11 is 18.1. The molecule has 2 atom stereocenters. The topological polar surface area (TPSA) is 67.8 Å². The van der Waals surface area contributed by atoms with Gasteiger partial charge in [-0.25, -0.2) is 0 Å². The fourth-order valence-electron chi connectivity index (χ4n) is 2.69. The Morgan fingerprint density at radius 3 is 2.38 bits per heavy atom. The van der Waals surface area contributed by atoms with E-state index in [1.165, 1.54) is 6.07 Å². The number of benzene rings is 2. The summed E-state index contributed by atoms with van der Waals surface area (Å²) in [4.78, 5) is 0. The van der Waals surface area contributed by atoms with Gasteiger partial charge in [0.25, 0.3) is 10.1 Å². The summed E-state index contributed by atoms with van der Waals surface area (Å²) in [7, 11) is -3.74. The minimum absolute atomic E-state index is 0.112. The second-order valence-corrected chi connectivity index (χ2v) is 8.77. The number of nitrogens with zero attached hydrogens (tertiary/aromatic N) is 1. The summed E-state index contributed by atoms with van der Waals surface area (Å²) in [6, 6.07) is 12.0. The molecule has 138 valence electrons. The van der Waals surface area contributed by atoms with E-state index in [1.54, 1.807) is 24.3 Å². The van der Waals surface area contributed by atoms with Crippen molar-refractivity contribution in [1.29, 1.82) is 0 Å². The summed E-state index contributed by atoms with van der Waals surface area (Å²) in [6.45, 7) is 0. The molecule has 2 aromatic carbocycles. The van der Waals surface area contributed by atoms with Crippen LogP contribution in [0, 0.1) is 0 Å². The molecule has 0 bridgehead atoms. The largest absolute Gasteiger partial charge is 0.302 e. The first-order valence-electron chi connectivity index (χ1n) is 7.63. The molecular weight excluding hydrogens is 419 g/mol. The van der Waals surface area contributed by atoms with E-state index in [0.29, 0.717) is 32.8 Å². The average Bonchev–Trinajstić information content (AvgIpc) is 3.03. The lowest BCUT2D eigenvalue weighted by molar-refractivity contribution is 0.279. The van der Waals surface area contributed by atoms with E-state index in [0.717, 1.165) is 11.8 Å². The third kappa shape index (κ3) is 4.69. The fraction of sp³-hybridized carbons (Fsp3) is 0.235. The monoisotopic (exact) mass is 432 g/mol. The lowest BCUT2D eigenvalue weighted by atomic mass is 9.97. The van der Waals surface area contributed by atoms with Crippen molar-refractivity contribution < 1.29 is 12.6 Å². The molecule has 0 saturated heterocycles. The molecule has 9 heteroatoms. The molecule has 2 unspecified atom stereocenters. The molecule has 0 radical (unpaired) electrons. The van der Waals surface area contributed by atoms with Gasteiger partial charge in [-0.15, -0.1) is 0 Å². The lowest BCUT2D eigenvalue weighted by Crippen LogP contribution is -2.19. The van der Waals surface area contributed by atoms with Crippen molar-refractivity contribution in [1.82, 2.24) is 5.43 Å². The van der Waals surface area contributed by atoms with Gasteiger partial charge >= 0.3 is 0 Å². The van der Waals surface area contributed by atoms with Gasteiger partial charge in [0.2, 0.25) is 0 Å². The highest BCUT2D eigenvalue weighted by Gasteiger charge is 2.31. The number of hydrogen-bond donors (Lipinski definition) is 1. The zero-order chi connectivity index (χ0) is 18.9. The van der Waals surface area contributed by atoms with E-state index in [-0.39, 0.29) is 6.04 Å². The van der Waals surface area contributed by atoms with Crippen molar-refractivity contribution in [2.24, 2.45) is 5.10 Å². The first kappa shape index (κ1) is 19.5. The maximum atomic E-state index is 11.8. The van der Waals surface area contributed by atoms with E-state index in [1.807, 2.05) is 12.1 Å². The third-order valence-corrected chi connectivity index (χ3v) is 5.22. The SMILES string of the molecule is CS(=O)(=O)OC(C1=NNC(c2ccc(Cl)cc2)C1)c1ccc(Cl)cc1Cl. The highest BCUT2D eigenvalue weighted by molar-refractivity contribution is 7.86. The van der Waals surface area contributed by atoms with Crippen LogP contribution in [0.4, 0.5) is 0 Å². The molecule has 1 N–H and O–H groups in total. The second-order valence-electron chi connectivity index (χ2n) is 5.89. The minimum Gasteiger partial charge on any atom is -0.302 e. The Labute approximate surface area is 167 Å². The van der Waals surface area contributed by atoms with Crippen molar-refractivity contribution in [3.8, 4) is 0 Å². The third-order valence-electron chi connectivity index (χ3n) is 3.87. The highest BCUT2D eigenvalue weighted by Crippen LogP contribution is 2.35. The number of hydrogen-bond acceptors (Lipinski definition) is 5. The Hall–Kier alpha value is -1.31. The number of halogens is 3. The predicted octanol–water partition coefficient (Wildman–Crippen LogP) is 4.75. The predicted molar refractivity (Wildman–Crippen MR) is 105 cm³/mol. The summed E-state index contributed by atoms with van der Waals surface area (Å²) in [5.74, 6) is 0. The Balaban J connectivity index is 1.89. The Morgan fingerprint density at radius 2 is 1.77 bits per heavy atom. The van der Waals surface area contributed by atoms with Crippen LogP contribution in [-0.4, -0.2) is 20.4 Å². The summed E-state index contributed by atoms with van der Waals surface area (Å²) in [5, 5.41) is 5.69. The quantitative estimate of drug-likeness (QED) is 0.691. The van der Waals surface area contributed by atoms with Crippen molar-refractivity contribution in [2.45, 2.75) is 18.6 Å². The maximum absolute atomic E-state index is 11.8. The first-order chi connectivity index (χ1) is 12.2. The van der Waals surface area contributed by atoms with Crippen LogP contribution in [0.3, 0.4) is 0 Å². The van der Waals surface area contributed by atoms with E-state index in [4.69, 9.17) is 39.0 Å². The van der Waals surface area contributed by atoms with Crippen LogP contribution in [0.15, 0.2) is 47.6 Å². The molecule has 1 aliphatic heterocycles. The van der Waals surface area contributed by atoms with E-state index in [9.17, 15) is 8.42 Å². The van der Waals surface area contributed by atoms with Crippen LogP contribution in [0.2, 0.25) is 15.1 Å². The number of nitrogens with one attached hydrogen (secondary N) is 1. The zero-order valence-corrected chi connectivity index (χ0v) is 16.7. The Morgan fingerprint density at radius 1 is 1.12 bits per heavy atom. The number of rotatable bonds is 5. The molecule has 0 amide bonds. The fourth-order valence-corrected chi connectivity index (χ4v) is 3.89. The summed E-state index contributed by atoms with van der Waals surface area (Å²) in [6.07, 6.45) is 0.518. The molecule has 0 saturated carbocycles. The lowest BCUT2D eigenvalue weighted by Gasteiger charge is -2.18. The van der Waals surface area contributed by atoms with Gasteiger partial charge in [-0.3, -0.25) is 4.18 Å². The van der Waals surface area contributed by atoms with Crippen molar-refractivity contribution in [3.63, 3.8) is 0 Å². The van der Waals surface area contributed by atoms with Gasteiger partial charge in [0.15, 0.2) is 0 Å². The van der Waals surface area contributed by atoms with Gasteiger partial charge in [0.1, 0.15) is 6.10 Å². The molecule has 3 rings (SSSR count). The molecule has 2 aromatic rings. The summed E-state index contributed by atoms with van der Waals surface area (Å²) < 4.78 is 28.8. The van der Waals surface area contributed by atoms with E-state index >= 15 is 0 Å². The first-order valence-corrected chi connectivity index (χ1v) is 10.6. The van der Waals surface area contributed by atoms with Crippen molar-refractivity contribution in [2.75, 3.05) is 6.26 Å². The van der Waals surface area contributed by atoms with Crippen LogP contribution in [0.5, 0.6) is 0 Å². The summed E-state index contributed by atoms with van der Waals surface area (Å²) in [5.41, 5.74) is 5.00. The maximum Gasteiger partial charge on any atom is 0.265 e. The van der Waals surface area contributed by atoms with Crippen LogP contribution < -0.4 is 5.43 Å². The van der Waals surface area contributed by atoms with Gasteiger partial charge in [0, 0.05) is 27.1 Å². The van der Waals surface area contributed by atoms with Gasteiger partial charge < -0.3 is 5.43 Å². The zero-order valence-electron chi connectivity index (χ0n) is 13.6. The molecular formula is C17H15Cl3N2O3S. The Kier molecular flexibility index (Phi) is 5.79. The van der Waals surface area contributed by atoms with Crippen LogP contribution in [-0.2, 0) is 14.3 Å². The van der Waals surface area contributed by atoms with Gasteiger partial charge in [-0.1, -0.05) is 53.0 Å². The van der Waals surface area contributed by atoms with Gasteiger partial charge in [-0.05, 0) is 29.8 Å². The second kappa shape index (κ2) is 7.74. The molecule has 5 nitrogen and oxygen atoms in total. The van der Waals surface area contributed by atoms with E-state index < -0.39 is 16.2 Å². The van der Waals surface area contributed by atoms with Crippen molar-refractivity contribution >= 4 is 50.6 Å². The van der Waals surface area contributed by atoms with Crippen molar-refractivity contribution in [3.05, 3.63) is 68.7 Å². The highest BCUT2D eigenvalue weighted by atomic mass is 35.5. The van der Waals surface area contributed by atoms with Gasteiger partial charge in [0.05, 0.1) is 18.0 Å². The normalized spacial score (nSPS) is 18.3. The smallest absolute Gasteiger partial charge is 0.265 e. The minimum atomic E-state index is -3.74. The molecule has 1 aliphatic rings. The average molecular weight is 434 g/mol. The molecule has 0 fully saturated rings. The van der Waals surface area contributed by atoms with Gasteiger partial charge in [-0.2, -0.15) is 13.5 Å². The van der Waals surface area contributed by atoms with E-state index in [2.05, 4.69) is 10.5 Å². The standard InChI is InChI=1S/C17H15Cl3N2O3S/c1-26(23,24)25-17(13-7-6-12(19)8-14(13)20)16-9-15(21-22-16)10-2-4-11(18)5-3-10/h2-8,15,17,21H,9H2,1H3. The van der Waals surface area contributed by atoms with Crippen LogP contribution in [0.25, 0.3) is 0 Å². The van der Waals surface area contributed by atoms with Crippen LogP contribution >= 0.6 is 34.8 Å². The molecule has 26 heavy (non-hydrogen) atoms.